The van der Waals surface area contributed by atoms with Gasteiger partial charge in [0, 0.05) is 18.0 Å². The normalized spacial score (nSPS) is 15.1. The van der Waals surface area contributed by atoms with E-state index < -0.39 is 0 Å². The van der Waals surface area contributed by atoms with Crippen molar-refractivity contribution in [1.29, 1.82) is 0 Å². The van der Waals surface area contributed by atoms with Gasteiger partial charge in [0.15, 0.2) is 6.29 Å². The van der Waals surface area contributed by atoms with Gasteiger partial charge < -0.3 is 10.0 Å². The first-order valence-corrected chi connectivity index (χ1v) is 7.06. The van der Waals surface area contributed by atoms with Gasteiger partial charge in [-0.1, -0.05) is 18.2 Å². The number of nitrogens with zero attached hydrogens (tertiary/aromatic N) is 2. The van der Waals surface area contributed by atoms with Crippen LogP contribution in [0.1, 0.15) is 29.6 Å². The quantitative estimate of drug-likeness (QED) is 0.848. The molecule has 0 aliphatic heterocycles. The van der Waals surface area contributed by atoms with E-state index >= 15 is 0 Å². The SMILES string of the molecule is O=Cc1cc2ccccc2nc1N(CCO)C1CCC1. The number of aromatic nitrogens is 1. The molecule has 0 atom stereocenters. The first-order valence-electron chi connectivity index (χ1n) is 7.06. The molecule has 3 rings (SSSR count). The first-order chi connectivity index (χ1) is 9.83. The fraction of sp³-hybridized carbons (Fsp3) is 0.375. The Labute approximate surface area is 118 Å². The fourth-order valence-corrected chi connectivity index (χ4v) is 2.71. The number of pyridine rings is 1. The average molecular weight is 270 g/mol. The third-order valence-electron chi connectivity index (χ3n) is 3.99. The Morgan fingerprint density at radius 1 is 1.35 bits per heavy atom. The highest BCUT2D eigenvalue weighted by Gasteiger charge is 2.27. The Morgan fingerprint density at radius 2 is 2.15 bits per heavy atom. The molecule has 1 aliphatic carbocycles. The summed E-state index contributed by atoms with van der Waals surface area (Å²) in [7, 11) is 0. The predicted octanol–water partition coefficient (Wildman–Crippen LogP) is 2.40. The zero-order valence-electron chi connectivity index (χ0n) is 11.3. The van der Waals surface area contributed by atoms with Crippen LogP contribution in [0.5, 0.6) is 0 Å². The van der Waals surface area contributed by atoms with Crippen LogP contribution in [-0.4, -0.2) is 35.6 Å². The first kappa shape index (κ1) is 13.1. The average Bonchev–Trinajstić information content (AvgIpc) is 2.43. The maximum absolute atomic E-state index is 11.4. The van der Waals surface area contributed by atoms with E-state index in [4.69, 9.17) is 0 Å². The van der Waals surface area contributed by atoms with E-state index in [9.17, 15) is 9.90 Å². The maximum atomic E-state index is 11.4. The van der Waals surface area contributed by atoms with Crippen LogP contribution in [-0.2, 0) is 0 Å². The van der Waals surface area contributed by atoms with E-state index in [0.29, 0.717) is 24.0 Å². The van der Waals surface area contributed by atoms with Gasteiger partial charge in [-0.3, -0.25) is 4.79 Å². The molecule has 1 saturated carbocycles. The molecular formula is C16H18N2O2. The van der Waals surface area contributed by atoms with Crippen LogP contribution in [0, 0.1) is 0 Å². The number of fused-ring (bicyclic) bond motifs is 1. The highest BCUT2D eigenvalue weighted by Crippen LogP contribution is 2.31. The molecule has 104 valence electrons. The molecule has 0 radical (unpaired) electrons. The largest absolute Gasteiger partial charge is 0.395 e. The number of carbonyl (C=O) groups excluding carboxylic acids is 1. The Morgan fingerprint density at radius 3 is 2.80 bits per heavy atom. The Bertz CT molecular complexity index is 623. The number of hydrogen-bond acceptors (Lipinski definition) is 4. The molecule has 1 aromatic heterocycles. The van der Waals surface area contributed by atoms with Gasteiger partial charge in [-0.2, -0.15) is 0 Å². The minimum absolute atomic E-state index is 0.0727. The number of aliphatic hydroxyl groups excluding tert-OH is 1. The number of hydrogen-bond donors (Lipinski definition) is 1. The van der Waals surface area contributed by atoms with Crippen LogP contribution in [0.15, 0.2) is 30.3 Å². The van der Waals surface area contributed by atoms with Gasteiger partial charge in [-0.05, 0) is 31.4 Å². The summed E-state index contributed by atoms with van der Waals surface area (Å²) in [6.45, 7) is 0.597. The molecule has 1 aromatic carbocycles. The minimum Gasteiger partial charge on any atom is -0.395 e. The molecule has 0 spiro atoms. The molecule has 1 aliphatic rings. The maximum Gasteiger partial charge on any atom is 0.153 e. The minimum atomic E-state index is 0.0727. The number of benzene rings is 1. The molecule has 4 nitrogen and oxygen atoms in total. The van der Waals surface area contributed by atoms with Gasteiger partial charge in [0.1, 0.15) is 5.82 Å². The van der Waals surface area contributed by atoms with Gasteiger partial charge in [0.2, 0.25) is 0 Å². The Hall–Kier alpha value is -1.94. The van der Waals surface area contributed by atoms with Gasteiger partial charge in [0.25, 0.3) is 0 Å². The summed E-state index contributed by atoms with van der Waals surface area (Å²) in [6.07, 6.45) is 4.27. The molecule has 2 aromatic rings. The van der Waals surface area contributed by atoms with Crippen molar-refractivity contribution in [2.24, 2.45) is 0 Å². The number of anilines is 1. The van der Waals surface area contributed by atoms with Crippen LogP contribution in [0.25, 0.3) is 10.9 Å². The van der Waals surface area contributed by atoms with Crippen LogP contribution in [0.3, 0.4) is 0 Å². The summed E-state index contributed by atoms with van der Waals surface area (Å²) in [5, 5.41) is 10.3. The summed E-state index contributed by atoms with van der Waals surface area (Å²) < 4.78 is 0. The number of para-hydroxylation sites is 1. The second-order valence-electron chi connectivity index (χ2n) is 5.21. The van der Waals surface area contributed by atoms with Crippen molar-refractivity contribution in [2.45, 2.75) is 25.3 Å². The molecule has 1 heterocycles. The van der Waals surface area contributed by atoms with Gasteiger partial charge in [0.05, 0.1) is 17.7 Å². The number of carbonyl (C=O) groups is 1. The van der Waals surface area contributed by atoms with Crippen molar-refractivity contribution < 1.29 is 9.90 Å². The zero-order valence-corrected chi connectivity index (χ0v) is 11.3. The van der Waals surface area contributed by atoms with Crippen molar-refractivity contribution in [2.75, 3.05) is 18.1 Å². The van der Waals surface area contributed by atoms with E-state index in [2.05, 4.69) is 9.88 Å². The lowest BCUT2D eigenvalue weighted by atomic mass is 9.91. The van der Waals surface area contributed by atoms with Crippen molar-refractivity contribution in [3.8, 4) is 0 Å². The van der Waals surface area contributed by atoms with Crippen molar-refractivity contribution >= 4 is 23.0 Å². The number of aliphatic hydroxyl groups is 1. The lowest BCUT2D eigenvalue weighted by Gasteiger charge is -2.38. The fourth-order valence-electron chi connectivity index (χ4n) is 2.71. The van der Waals surface area contributed by atoms with Gasteiger partial charge in [-0.25, -0.2) is 4.98 Å². The topological polar surface area (TPSA) is 53.4 Å². The molecule has 20 heavy (non-hydrogen) atoms. The zero-order chi connectivity index (χ0) is 13.9. The second-order valence-corrected chi connectivity index (χ2v) is 5.21. The monoisotopic (exact) mass is 270 g/mol. The lowest BCUT2D eigenvalue weighted by molar-refractivity contribution is 0.112. The van der Waals surface area contributed by atoms with Crippen LogP contribution in [0.4, 0.5) is 5.82 Å². The summed E-state index contributed by atoms with van der Waals surface area (Å²) >= 11 is 0. The second kappa shape index (κ2) is 5.59. The van der Waals surface area contributed by atoms with Crippen molar-refractivity contribution in [3.63, 3.8) is 0 Å². The molecule has 0 saturated heterocycles. The van der Waals surface area contributed by atoms with Crippen molar-refractivity contribution in [3.05, 3.63) is 35.9 Å². The molecular weight excluding hydrogens is 252 g/mol. The van der Waals surface area contributed by atoms with Gasteiger partial charge in [-0.15, -0.1) is 0 Å². The highest BCUT2D eigenvalue weighted by molar-refractivity contribution is 5.91. The van der Waals surface area contributed by atoms with E-state index in [1.54, 1.807) is 0 Å². The summed E-state index contributed by atoms with van der Waals surface area (Å²) in [6, 6.07) is 10.1. The van der Waals surface area contributed by atoms with Crippen LogP contribution >= 0.6 is 0 Å². The number of aldehydes is 1. The van der Waals surface area contributed by atoms with E-state index in [0.717, 1.165) is 30.0 Å². The van der Waals surface area contributed by atoms with Crippen molar-refractivity contribution in [1.82, 2.24) is 4.98 Å². The summed E-state index contributed by atoms with van der Waals surface area (Å²) in [4.78, 5) is 18.1. The molecule has 1 fully saturated rings. The summed E-state index contributed by atoms with van der Waals surface area (Å²) in [5.74, 6) is 0.706. The Kier molecular flexibility index (Phi) is 3.65. The van der Waals surface area contributed by atoms with Gasteiger partial charge >= 0.3 is 0 Å². The third-order valence-corrected chi connectivity index (χ3v) is 3.99. The highest BCUT2D eigenvalue weighted by atomic mass is 16.3. The Balaban J connectivity index is 2.08. The lowest BCUT2D eigenvalue weighted by Crippen LogP contribution is -2.43. The summed E-state index contributed by atoms with van der Waals surface area (Å²) in [5.41, 5.74) is 1.49. The molecule has 0 amide bonds. The molecule has 4 heteroatoms. The van der Waals surface area contributed by atoms with Crippen LogP contribution in [0.2, 0.25) is 0 Å². The van der Waals surface area contributed by atoms with Crippen LogP contribution < -0.4 is 4.90 Å². The predicted molar refractivity (Wildman–Crippen MR) is 79.2 cm³/mol. The van der Waals surface area contributed by atoms with E-state index in [-0.39, 0.29) is 6.61 Å². The third kappa shape index (κ3) is 2.27. The van der Waals surface area contributed by atoms with E-state index in [1.807, 2.05) is 30.3 Å². The molecule has 0 unspecified atom stereocenters. The molecule has 0 bridgehead atoms. The standard InChI is InChI=1S/C16H18N2O2/c19-9-8-18(14-5-3-6-14)16-13(11-20)10-12-4-1-2-7-15(12)17-16/h1-2,4,7,10-11,14,19H,3,5-6,8-9H2. The molecule has 1 N–H and O–H groups in total. The smallest absolute Gasteiger partial charge is 0.153 e. The van der Waals surface area contributed by atoms with E-state index in [1.165, 1.54) is 6.42 Å². The number of rotatable bonds is 5.